The second-order valence-corrected chi connectivity index (χ2v) is 7.10. The first kappa shape index (κ1) is 18.7. The number of β-amino-alcohol motifs (C(OH)–C–C–N with tert-alkyl or cyclic N) is 1. The molecule has 1 aromatic carbocycles. The first-order chi connectivity index (χ1) is 11.9. The zero-order valence-electron chi connectivity index (χ0n) is 14.3. The van der Waals surface area contributed by atoms with Gasteiger partial charge in [0.2, 0.25) is 0 Å². The Morgan fingerprint density at radius 1 is 1.12 bits per heavy atom. The van der Waals surface area contributed by atoms with Crippen molar-refractivity contribution in [2.75, 3.05) is 19.7 Å². The van der Waals surface area contributed by atoms with Crippen molar-refractivity contribution in [1.82, 2.24) is 4.90 Å². The molecular weight excluding hydrogens is 331 g/mol. The zero-order valence-corrected chi connectivity index (χ0v) is 14.3. The molecular formula is C19H26F3NO2. The maximum Gasteiger partial charge on any atom is 0.416 e. The minimum absolute atomic E-state index is 0.0529. The third-order valence-corrected chi connectivity index (χ3v) is 5.36. The number of benzene rings is 1. The van der Waals surface area contributed by atoms with E-state index in [4.69, 9.17) is 4.74 Å². The minimum Gasteiger partial charge on any atom is -0.392 e. The molecule has 1 aromatic rings. The second-order valence-electron chi connectivity index (χ2n) is 7.10. The Morgan fingerprint density at radius 2 is 1.88 bits per heavy atom. The quantitative estimate of drug-likeness (QED) is 0.873. The molecule has 1 saturated heterocycles. The highest BCUT2D eigenvalue weighted by molar-refractivity contribution is 5.29. The topological polar surface area (TPSA) is 32.7 Å². The lowest BCUT2D eigenvalue weighted by atomic mass is 9.91. The number of hydrogen-bond acceptors (Lipinski definition) is 3. The number of alkyl halides is 3. The van der Waals surface area contributed by atoms with E-state index in [0.29, 0.717) is 18.7 Å². The van der Waals surface area contributed by atoms with Crippen LogP contribution >= 0.6 is 0 Å². The molecule has 3 nitrogen and oxygen atoms in total. The van der Waals surface area contributed by atoms with Gasteiger partial charge >= 0.3 is 6.18 Å². The van der Waals surface area contributed by atoms with E-state index in [1.807, 2.05) is 0 Å². The fraction of sp³-hybridized carbons (Fsp3) is 0.684. The van der Waals surface area contributed by atoms with Crippen LogP contribution < -0.4 is 0 Å². The van der Waals surface area contributed by atoms with Gasteiger partial charge in [-0.2, -0.15) is 13.2 Å². The van der Waals surface area contributed by atoms with Crippen molar-refractivity contribution in [2.45, 2.75) is 63.0 Å². The first-order valence-electron chi connectivity index (χ1n) is 9.14. The number of ether oxygens (including phenoxy) is 1. The van der Waals surface area contributed by atoms with Gasteiger partial charge in [-0.3, -0.25) is 4.90 Å². The summed E-state index contributed by atoms with van der Waals surface area (Å²) < 4.78 is 45.2. The second kappa shape index (κ2) is 8.06. The Kier molecular flexibility index (Phi) is 6.02. The first-order valence-corrected chi connectivity index (χ1v) is 9.14. The molecule has 3 rings (SSSR count). The zero-order chi connectivity index (χ0) is 17.9. The molecule has 1 unspecified atom stereocenters. The summed E-state index contributed by atoms with van der Waals surface area (Å²) in [5.74, 6) is 0. The third-order valence-electron chi connectivity index (χ3n) is 5.36. The number of halogens is 3. The molecule has 6 heteroatoms. The predicted molar refractivity (Wildman–Crippen MR) is 89.3 cm³/mol. The van der Waals surface area contributed by atoms with Crippen LogP contribution in [-0.4, -0.2) is 48.0 Å². The molecule has 3 atom stereocenters. The van der Waals surface area contributed by atoms with Crippen LogP contribution in [0, 0.1) is 0 Å². The highest BCUT2D eigenvalue weighted by Crippen LogP contribution is 2.32. The van der Waals surface area contributed by atoms with Gasteiger partial charge in [-0.05, 0) is 37.3 Å². The molecule has 1 heterocycles. The van der Waals surface area contributed by atoms with Crippen molar-refractivity contribution in [3.8, 4) is 0 Å². The number of rotatable bonds is 5. The van der Waals surface area contributed by atoms with Gasteiger partial charge in [0.1, 0.15) is 0 Å². The van der Waals surface area contributed by atoms with Crippen molar-refractivity contribution >= 4 is 0 Å². The molecule has 0 bridgehead atoms. The summed E-state index contributed by atoms with van der Waals surface area (Å²) in [6.45, 7) is 1.86. The van der Waals surface area contributed by atoms with E-state index in [-0.39, 0.29) is 24.7 Å². The molecule has 0 radical (unpaired) electrons. The SMILES string of the molecule is O[C@@H]1CCN(C2CCCC[C@@H]2OCCc2ccccc2C(F)(F)F)C1. The van der Waals surface area contributed by atoms with E-state index in [1.165, 1.54) is 12.1 Å². The summed E-state index contributed by atoms with van der Waals surface area (Å²) in [6, 6.07) is 6.00. The number of aliphatic hydroxyl groups excluding tert-OH is 1. The molecule has 1 aliphatic heterocycles. The fourth-order valence-electron chi connectivity index (χ4n) is 4.09. The Morgan fingerprint density at radius 3 is 2.60 bits per heavy atom. The largest absolute Gasteiger partial charge is 0.416 e. The fourth-order valence-corrected chi connectivity index (χ4v) is 4.09. The van der Waals surface area contributed by atoms with E-state index < -0.39 is 11.7 Å². The van der Waals surface area contributed by atoms with E-state index in [1.54, 1.807) is 6.07 Å². The molecule has 140 valence electrons. The molecule has 1 aliphatic carbocycles. The maximum absolute atomic E-state index is 13.1. The third kappa shape index (κ3) is 4.74. The maximum atomic E-state index is 13.1. The predicted octanol–water partition coefficient (Wildman–Crippen LogP) is 3.64. The molecule has 0 amide bonds. The smallest absolute Gasteiger partial charge is 0.392 e. The van der Waals surface area contributed by atoms with Gasteiger partial charge < -0.3 is 9.84 Å². The van der Waals surface area contributed by atoms with Gasteiger partial charge in [0.25, 0.3) is 0 Å². The van der Waals surface area contributed by atoms with E-state index >= 15 is 0 Å². The average Bonchev–Trinajstić information content (AvgIpc) is 3.01. The summed E-state index contributed by atoms with van der Waals surface area (Å²) in [5.41, 5.74) is -0.277. The van der Waals surface area contributed by atoms with E-state index in [9.17, 15) is 18.3 Å². The lowest BCUT2D eigenvalue weighted by Gasteiger charge is -2.37. The Bertz CT molecular complexity index is 564. The van der Waals surface area contributed by atoms with Crippen LogP contribution in [0.25, 0.3) is 0 Å². The molecule has 1 saturated carbocycles. The van der Waals surface area contributed by atoms with Gasteiger partial charge in [0.15, 0.2) is 0 Å². The van der Waals surface area contributed by atoms with Gasteiger partial charge in [-0.1, -0.05) is 31.0 Å². The number of nitrogens with zero attached hydrogens (tertiary/aromatic N) is 1. The van der Waals surface area contributed by atoms with Gasteiger partial charge in [0, 0.05) is 19.1 Å². The van der Waals surface area contributed by atoms with Crippen LogP contribution in [-0.2, 0) is 17.3 Å². The molecule has 2 fully saturated rings. The molecule has 2 aliphatic rings. The van der Waals surface area contributed by atoms with Crippen LogP contribution in [0.2, 0.25) is 0 Å². The van der Waals surface area contributed by atoms with Crippen LogP contribution in [0.4, 0.5) is 13.2 Å². The summed E-state index contributed by atoms with van der Waals surface area (Å²) in [4.78, 5) is 2.29. The van der Waals surface area contributed by atoms with E-state index in [2.05, 4.69) is 4.90 Å². The summed E-state index contributed by atoms with van der Waals surface area (Å²) in [5, 5.41) is 9.76. The highest BCUT2D eigenvalue weighted by Gasteiger charge is 2.35. The van der Waals surface area contributed by atoms with Crippen LogP contribution in [0.5, 0.6) is 0 Å². The van der Waals surface area contributed by atoms with Crippen LogP contribution in [0.3, 0.4) is 0 Å². The summed E-state index contributed by atoms with van der Waals surface area (Å²) >= 11 is 0. The number of hydrogen-bond donors (Lipinski definition) is 1. The summed E-state index contributed by atoms with van der Waals surface area (Å²) in [6.07, 6.45) is 0.747. The van der Waals surface area contributed by atoms with Crippen molar-refractivity contribution < 1.29 is 23.0 Å². The standard InChI is InChI=1S/C19H26F3NO2/c20-19(21,22)16-6-2-1-5-14(16)10-12-25-18-8-4-3-7-17(18)23-11-9-15(24)13-23/h1-2,5-6,15,17-18,24H,3-4,7-13H2/t15-,17?,18+/m1/s1. The number of likely N-dealkylation sites (tertiary alicyclic amines) is 1. The molecule has 0 aromatic heterocycles. The Labute approximate surface area is 146 Å². The summed E-state index contributed by atoms with van der Waals surface area (Å²) in [7, 11) is 0. The highest BCUT2D eigenvalue weighted by atomic mass is 19.4. The normalized spacial score (nSPS) is 28.4. The van der Waals surface area contributed by atoms with Gasteiger partial charge in [-0.15, -0.1) is 0 Å². The Balaban J connectivity index is 1.57. The van der Waals surface area contributed by atoms with Crippen LogP contribution in [0.15, 0.2) is 24.3 Å². The van der Waals surface area contributed by atoms with Crippen LogP contribution in [0.1, 0.15) is 43.2 Å². The molecule has 0 spiro atoms. The van der Waals surface area contributed by atoms with Gasteiger partial charge in [-0.25, -0.2) is 0 Å². The van der Waals surface area contributed by atoms with Crippen molar-refractivity contribution in [1.29, 1.82) is 0 Å². The molecule has 1 N–H and O–H groups in total. The van der Waals surface area contributed by atoms with Crippen molar-refractivity contribution in [3.63, 3.8) is 0 Å². The minimum atomic E-state index is -4.32. The van der Waals surface area contributed by atoms with E-state index in [0.717, 1.165) is 44.7 Å². The molecule has 25 heavy (non-hydrogen) atoms. The van der Waals surface area contributed by atoms with Crippen molar-refractivity contribution in [3.05, 3.63) is 35.4 Å². The monoisotopic (exact) mass is 357 g/mol. The Hall–Kier alpha value is -1.11. The van der Waals surface area contributed by atoms with Gasteiger partial charge in [0.05, 0.1) is 24.4 Å². The van der Waals surface area contributed by atoms with Crippen molar-refractivity contribution in [2.24, 2.45) is 0 Å². The average molecular weight is 357 g/mol. The lowest BCUT2D eigenvalue weighted by Crippen LogP contribution is -2.46. The lowest BCUT2D eigenvalue weighted by molar-refractivity contribution is -0.138. The number of aliphatic hydroxyl groups is 1.